The number of nitrogens with one attached hydrogen (secondary N) is 2. The molecule has 1 aromatic carbocycles. The number of anilines is 1. The van der Waals surface area contributed by atoms with Gasteiger partial charge in [0.25, 0.3) is 0 Å². The van der Waals surface area contributed by atoms with E-state index in [1.165, 1.54) is 0 Å². The van der Waals surface area contributed by atoms with Crippen LogP contribution in [0.5, 0.6) is 0 Å². The van der Waals surface area contributed by atoms with Crippen LogP contribution in [0.1, 0.15) is 50.4 Å². The number of carbonyl (C=O) groups excluding carboxylic acids is 3. The van der Waals surface area contributed by atoms with Crippen LogP contribution in [0, 0.1) is 0 Å². The molecule has 0 aliphatic carbocycles. The van der Waals surface area contributed by atoms with E-state index in [-0.39, 0.29) is 18.2 Å². The smallest absolute Gasteiger partial charge is 0.410 e. The highest BCUT2D eigenvalue weighted by molar-refractivity contribution is 5.92. The lowest BCUT2D eigenvalue weighted by atomic mass is 10.1. The third-order valence-electron chi connectivity index (χ3n) is 4.56. The fourth-order valence-electron chi connectivity index (χ4n) is 2.99. The maximum absolute atomic E-state index is 12.4. The summed E-state index contributed by atoms with van der Waals surface area (Å²) in [5, 5.41) is 5.43. The van der Waals surface area contributed by atoms with Crippen molar-refractivity contribution in [1.82, 2.24) is 10.2 Å². The molecule has 2 N–H and O–H groups in total. The van der Waals surface area contributed by atoms with E-state index in [0.29, 0.717) is 50.3 Å². The Kier molecular flexibility index (Phi) is 9.11. The van der Waals surface area contributed by atoms with Gasteiger partial charge in [-0.1, -0.05) is 0 Å². The fraction of sp³-hybridized carbons (Fsp3) is 0.591. The van der Waals surface area contributed by atoms with E-state index in [2.05, 4.69) is 10.6 Å². The van der Waals surface area contributed by atoms with Gasteiger partial charge in [0.1, 0.15) is 11.7 Å². The van der Waals surface area contributed by atoms with E-state index in [1.54, 1.807) is 36.3 Å². The van der Waals surface area contributed by atoms with Crippen LogP contribution in [-0.2, 0) is 14.2 Å². The van der Waals surface area contributed by atoms with Gasteiger partial charge in [0.05, 0.1) is 5.56 Å². The highest BCUT2D eigenvalue weighted by atomic mass is 16.6. The Bertz CT molecular complexity index is 737. The highest BCUT2D eigenvalue weighted by Crippen LogP contribution is 2.19. The first-order valence-electron chi connectivity index (χ1n) is 10.5. The molecule has 0 atom stereocenters. The molecule has 1 aliphatic heterocycles. The van der Waals surface area contributed by atoms with Crippen LogP contribution in [0.4, 0.5) is 15.3 Å². The first-order valence-corrected chi connectivity index (χ1v) is 10.5. The number of piperidine rings is 1. The third-order valence-corrected chi connectivity index (χ3v) is 4.56. The van der Waals surface area contributed by atoms with Crippen molar-refractivity contribution >= 4 is 23.8 Å². The first kappa shape index (κ1) is 24.5. The van der Waals surface area contributed by atoms with Gasteiger partial charge in [-0.25, -0.2) is 14.4 Å². The average molecular weight is 436 g/mol. The van der Waals surface area contributed by atoms with Crippen LogP contribution in [-0.4, -0.2) is 68.0 Å². The monoisotopic (exact) mass is 435 g/mol. The zero-order chi connectivity index (χ0) is 22.9. The Balaban J connectivity index is 1.75. The summed E-state index contributed by atoms with van der Waals surface area (Å²) in [6.07, 6.45) is 1.26. The summed E-state index contributed by atoms with van der Waals surface area (Å²) in [4.78, 5) is 38.0. The van der Waals surface area contributed by atoms with Crippen molar-refractivity contribution in [2.24, 2.45) is 0 Å². The number of carbonyl (C=O) groups is 3. The summed E-state index contributed by atoms with van der Waals surface area (Å²) in [5.41, 5.74) is 0.443. The number of likely N-dealkylation sites (tertiary alicyclic amines) is 1. The number of amides is 3. The van der Waals surface area contributed by atoms with Crippen molar-refractivity contribution in [3.8, 4) is 0 Å². The predicted molar refractivity (Wildman–Crippen MR) is 116 cm³/mol. The maximum atomic E-state index is 12.4. The van der Waals surface area contributed by atoms with Gasteiger partial charge in [0.15, 0.2) is 0 Å². The van der Waals surface area contributed by atoms with Crippen LogP contribution < -0.4 is 10.6 Å². The molecule has 0 spiro atoms. The summed E-state index contributed by atoms with van der Waals surface area (Å²) in [7, 11) is 1.61. The lowest BCUT2D eigenvalue weighted by Gasteiger charge is -2.33. The minimum Gasteiger partial charge on any atom is -0.459 e. The number of methoxy groups -OCH3 is 1. The molecule has 172 valence electrons. The Hall–Kier alpha value is -2.81. The Morgan fingerprint density at radius 1 is 1.10 bits per heavy atom. The van der Waals surface area contributed by atoms with E-state index in [0.717, 1.165) is 6.42 Å². The third kappa shape index (κ3) is 8.84. The largest absolute Gasteiger partial charge is 0.459 e. The molecule has 1 aliphatic rings. The molecule has 0 radical (unpaired) electrons. The number of hydrogen-bond acceptors (Lipinski definition) is 6. The van der Waals surface area contributed by atoms with Gasteiger partial charge in [-0.2, -0.15) is 0 Å². The Morgan fingerprint density at radius 2 is 1.74 bits per heavy atom. The fourth-order valence-corrected chi connectivity index (χ4v) is 2.99. The number of esters is 1. The molecule has 1 saturated heterocycles. The van der Waals surface area contributed by atoms with Gasteiger partial charge in [0.2, 0.25) is 0 Å². The van der Waals surface area contributed by atoms with Crippen molar-refractivity contribution in [3.63, 3.8) is 0 Å². The summed E-state index contributed by atoms with van der Waals surface area (Å²) in [6.45, 7) is 7.54. The lowest BCUT2D eigenvalue weighted by Crippen LogP contribution is -2.43. The highest BCUT2D eigenvalue weighted by Gasteiger charge is 2.28. The van der Waals surface area contributed by atoms with Crippen LogP contribution in [0.3, 0.4) is 0 Å². The summed E-state index contributed by atoms with van der Waals surface area (Å²) < 4.78 is 15.9. The molecule has 0 saturated carbocycles. The standard InChI is InChI=1S/C22H33N3O6/c1-22(2,3)31-21(28)25-13-10-18(11-14-25)30-19(26)16-6-8-17(9-7-16)24-20(27)23-12-5-15-29-4/h6-9,18H,5,10-15H2,1-4H3,(H2,23,24,27). The molecule has 0 aromatic heterocycles. The van der Waals surface area contributed by atoms with E-state index < -0.39 is 11.6 Å². The molecular formula is C22H33N3O6. The van der Waals surface area contributed by atoms with Gasteiger partial charge in [-0.3, -0.25) is 0 Å². The molecule has 0 bridgehead atoms. The molecule has 9 heteroatoms. The number of ether oxygens (including phenoxy) is 3. The normalized spacial score (nSPS) is 14.6. The van der Waals surface area contributed by atoms with Crippen molar-refractivity contribution in [3.05, 3.63) is 29.8 Å². The van der Waals surface area contributed by atoms with Crippen LogP contribution >= 0.6 is 0 Å². The van der Waals surface area contributed by atoms with E-state index >= 15 is 0 Å². The van der Waals surface area contributed by atoms with Gasteiger partial charge in [0, 0.05) is 51.9 Å². The maximum Gasteiger partial charge on any atom is 0.410 e. The molecule has 31 heavy (non-hydrogen) atoms. The van der Waals surface area contributed by atoms with Crippen molar-refractivity contribution < 1.29 is 28.6 Å². The second-order valence-electron chi connectivity index (χ2n) is 8.38. The van der Waals surface area contributed by atoms with Gasteiger partial charge >= 0.3 is 18.1 Å². The number of urea groups is 1. The second kappa shape index (κ2) is 11.5. The topological polar surface area (TPSA) is 106 Å². The molecule has 3 amide bonds. The van der Waals surface area contributed by atoms with Gasteiger partial charge in [-0.05, 0) is 51.5 Å². The van der Waals surface area contributed by atoms with E-state index in [9.17, 15) is 14.4 Å². The SMILES string of the molecule is COCCCNC(=O)Nc1ccc(C(=O)OC2CCN(C(=O)OC(C)(C)C)CC2)cc1. The summed E-state index contributed by atoms with van der Waals surface area (Å²) in [5.74, 6) is -0.425. The molecular weight excluding hydrogens is 402 g/mol. The van der Waals surface area contributed by atoms with Crippen LogP contribution in [0.15, 0.2) is 24.3 Å². The number of nitrogens with zero attached hydrogens (tertiary/aromatic N) is 1. The van der Waals surface area contributed by atoms with Gasteiger partial charge in [-0.15, -0.1) is 0 Å². The predicted octanol–water partition coefficient (Wildman–Crippen LogP) is 3.40. The van der Waals surface area contributed by atoms with Crippen molar-refractivity contribution in [2.75, 3.05) is 38.7 Å². The molecule has 0 unspecified atom stereocenters. The second-order valence-corrected chi connectivity index (χ2v) is 8.38. The minimum absolute atomic E-state index is 0.248. The minimum atomic E-state index is -0.536. The summed E-state index contributed by atoms with van der Waals surface area (Å²) >= 11 is 0. The molecule has 1 heterocycles. The summed E-state index contributed by atoms with van der Waals surface area (Å²) in [6, 6.07) is 6.20. The molecule has 1 fully saturated rings. The van der Waals surface area contributed by atoms with Crippen LogP contribution in [0.2, 0.25) is 0 Å². The van der Waals surface area contributed by atoms with E-state index in [4.69, 9.17) is 14.2 Å². The first-order chi connectivity index (χ1) is 14.7. The lowest BCUT2D eigenvalue weighted by molar-refractivity contribution is -0.00340. The molecule has 2 rings (SSSR count). The zero-order valence-corrected chi connectivity index (χ0v) is 18.7. The average Bonchev–Trinajstić information content (AvgIpc) is 2.71. The van der Waals surface area contributed by atoms with Gasteiger partial charge < -0.3 is 29.7 Å². The van der Waals surface area contributed by atoms with E-state index in [1.807, 2.05) is 20.8 Å². The molecule has 9 nitrogen and oxygen atoms in total. The number of rotatable bonds is 7. The van der Waals surface area contributed by atoms with Crippen molar-refractivity contribution in [2.45, 2.75) is 51.7 Å². The zero-order valence-electron chi connectivity index (χ0n) is 18.7. The number of benzene rings is 1. The molecule has 1 aromatic rings. The Morgan fingerprint density at radius 3 is 2.32 bits per heavy atom. The number of hydrogen-bond donors (Lipinski definition) is 2. The Labute approximate surface area is 183 Å². The van der Waals surface area contributed by atoms with Crippen molar-refractivity contribution in [1.29, 1.82) is 0 Å². The van der Waals surface area contributed by atoms with Crippen LogP contribution in [0.25, 0.3) is 0 Å². The quantitative estimate of drug-likeness (QED) is 0.502.